The summed E-state index contributed by atoms with van der Waals surface area (Å²) in [6.07, 6.45) is 4.30. The van der Waals surface area contributed by atoms with Gasteiger partial charge in [0.1, 0.15) is 5.75 Å². The first-order valence-corrected chi connectivity index (χ1v) is 5.58. The molecular weight excluding hydrogens is 230 g/mol. The third-order valence-corrected chi connectivity index (χ3v) is 2.43. The zero-order valence-electron chi connectivity index (χ0n) is 10.4. The molecule has 1 rings (SSSR count). The molecule has 4 nitrogen and oxygen atoms in total. The Labute approximate surface area is 107 Å². The summed E-state index contributed by atoms with van der Waals surface area (Å²) in [6.45, 7) is 7.25. The maximum atomic E-state index is 11.7. The minimum Gasteiger partial charge on any atom is -0.507 e. The monoisotopic (exact) mass is 247 g/mol. The lowest BCUT2D eigenvalue weighted by molar-refractivity contribution is 0.0309. The maximum Gasteiger partial charge on any atom is 0.356 e. The molecule has 0 amide bonds. The number of nitrogens with one attached hydrogen (secondary N) is 1. The highest BCUT2D eigenvalue weighted by Crippen LogP contribution is 2.26. The van der Waals surface area contributed by atoms with Crippen LogP contribution in [-0.2, 0) is 17.7 Å². The van der Waals surface area contributed by atoms with Crippen molar-refractivity contribution in [3.8, 4) is 5.75 Å². The lowest BCUT2D eigenvalue weighted by atomic mass is 10.00. The predicted octanol–water partition coefficient (Wildman–Crippen LogP) is 2.14. The molecule has 0 aromatic heterocycles. The molecule has 1 aromatic carbocycles. The summed E-state index contributed by atoms with van der Waals surface area (Å²) in [4.78, 5) is 16.4. The van der Waals surface area contributed by atoms with E-state index < -0.39 is 5.97 Å². The number of hydrogen-bond donors (Lipinski definition) is 2. The SMILES string of the molecule is C=CCc1cc(C(=O)ONC)cc(CC=C)c1O. The van der Waals surface area contributed by atoms with Crippen LogP contribution < -0.4 is 5.48 Å². The lowest BCUT2D eigenvalue weighted by Gasteiger charge is -2.10. The van der Waals surface area contributed by atoms with Crippen LogP contribution >= 0.6 is 0 Å². The minimum atomic E-state index is -0.492. The summed E-state index contributed by atoms with van der Waals surface area (Å²) >= 11 is 0. The molecule has 0 atom stereocenters. The molecule has 96 valence electrons. The molecule has 18 heavy (non-hydrogen) atoms. The number of rotatable bonds is 6. The van der Waals surface area contributed by atoms with E-state index in [9.17, 15) is 9.90 Å². The molecule has 2 N–H and O–H groups in total. The van der Waals surface area contributed by atoms with Gasteiger partial charge in [0, 0.05) is 7.05 Å². The number of carbonyl (C=O) groups is 1. The van der Waals surface area contributed by atoms with Crippen LogP contribution in [0.2, 0.25) is 0 Å². The van der Waals surface area contributed by atoms with Gasteiger partial charge in [-0.05, 0) is 36.1 Å². The molecular formula is C14H17NO3. The topological polar surface area (TPSA) is 58.6 Å². The van der Waals surface area contributed by atoms with Crippen molar-refractivity contribution in [2.75, 3.05) is 7.05 Å². The van der Waals surface area contributed by atoms with Crippen LogP contribution in [0.15, 0.2) is 37.4 Å². The van der Waals surface area contributed by atoms with E-state index in [1.165, 1.54) is 7.05 Å². The van der Waals surface area contributed by atoms with Crippen molar-refractivity contribution in [3.05, 3.63) is 54.1 Å². The quantitative estimate of drug-likeness (QED) is 0.597. The van der Waals surface area contributed by atoms with Crippen LogP contribution in [0.1, 0.15) is 21.5 Å². The van der Waals surface area contributed by atoms with Crippen molar-refractivity contribution in [3.63, 3.8) is 0 Å². The number of hydroxylamine groups is 1. The molecule has 0 unspecified atom stereocenters. The minimum absolute atomic E-state index is 0.177. The van der Waals surface area contributed by atoms with Crippen LogP contribution in [0.25, 0.3) is 0 Å². The van der Waals surface area contributed by atoms with E-state index in [0.29, 0.717) is 29.5 Å². The van der Waals surface area contributed by atoms with E-state index >= 15 is 0 Å². The summed E-state index contributed by atoms with van der Waals surface area (Å²) in [5.41, 5.74) is 4.01. The van der Waals surface area contributed by atoms with Gasteiger partial charge >= 0.3 is 5.97 Å². The van der Waals surface area contributed by atoms with Gasteiger partial charge in [-0.25, -0.2) is 4.79 Å². The molecule has 0 aliphatic carbocycles. The van der Waals surface area contributed by atoms with Crippen molar-refractivity contribution in [1.82, 2.24) is 5.48 Å². The van der Waals surface area contributed by atoms with E-state index in [1.54, 1.807) is 24.3 Å². The number of aromatic hydroxyl groups is 1. The first-order chi connectivity index (χ1) is 8.63. The molecule has 1 aromatic rings. The molecule has 4 heteroatoms. The van der Waals surface area contributed by atoms with Gasteiger partial charge in [0.2, 0.25) is 0 Å². The van der Waals surface area contributed by atoms with Crippen molar-refractivity contribution < 1.29 is 14.7 Å². The zero-order valence-corrected chi connectivity index (χ0v) is 10.4. The van der Waals surface area contributed by atoms with Gasteiger partial charge in [-0.1, -0.05) is 12.2 Å². The Morgan fingerprint density at radius 3 is 2.22 bits per heavy atom. The second-order valence-electron chi connectivity index (χ2n) is 3.72. The summed E-state index contributed by atoms with van der Waals surface area (Å²) in [6, 6.07) is 3.20. The predicted molar refractivity (Wildman–Crippen MR) is 70.4 cm³/mol. The van der Waals surface area contributed by atoms with Crippen LogP contribution in [0.4, 0.5) is 0 Å². The Morgan fingerprint density at radius 1 is 1.33 bits per heavy atom. The molecule has 0 aliphatic rings. The lowest BCUT2D eigenvalue weighted by Crippen LogP contribution is -2.15. The smallest absolute Gasteiger partial charge is 0.356 e. The number of carbonyl (C=O) groups excluding carboxylic acids is 1. The Bertz CT molecular complexity index is 435. The van der Waals surface area contributed by atoms with Gasteiger partial charge in [0.05, 0.1) is 5.56 Å². The Balaban J connectivity index is 3.22. The third-order valence-electron chi connectivity index (χ3n) is 2.43. The second kappa shape index (κ2) is 6.61. The summed E-state index contributed by atoms with van der Waals surface area (Å²) < 4.78 is 0. The highest BCUT2D eigenvalue weighted by atomic mass is 16.7. The van der Waals surface area contributed by atoms with Crippen molar-refractivity contribution >= 4 is 5.97 Å². The fraction of sp³-hybridized carbons (Fsp3) is 0.214. The molecule has 0 fully saturated rings. The average molecular weight is 247 g/mol. The maximum absolute atomic E-state index is 11.7. The first-order valence-electron chi connectivity index (χ1n) is 5.58. The molecule has 0 bridgehead atoms. The second-order valence-corrected chi connectivity index (χ2v) is 3.72. The molecule has 0 aliphatic heterocycles. The van der Waals surface area contributed by atoms with Gasteiger partial charge < -0.3 is 9.94 Å². The van der Waals surface area contributed by atoms with E-state index in [0.717, 1.165) is 0 Å². The Morgan fingerprint density at radius 2 is 1.83 bits per heavy atom. The van der Waals surface area contributed by atoms with Gasteiger partial charge in [-0.15, -0.1) is 13.2 Å². The molecule has 0 spiro atoms. The Hall–Kier alpha value is -2.07. The van der Waals surface area contributed by atoms with E-state index in [-0.39, 0.29) is 5.75 Å². The van der Waals surface area contributed by atoms with Gasteiger partial charge in [0.15, 0.2) is 0 Å². The van der Waals surface area contributed by atoms with Gasteiger partial charge in [0.25, 0.3) is 0 Å². The van der Waals surface area contributed by atoms with E-state index in [1.807, 2.05) is 0 Å². The first kappa shape index (κ1) is 14.0. The number of allylic oxidation sites excluding steroid dienone is 2. The van der Waals surface area contributed by atoms with Crippen LogP contribution in [0.3, 0.4) is 0 Å². The Kier molecular flexibility index (Phi) is 5.14. The fourth-order valence-corrected chi connectivity index (χ4v) is 1.65. The van der Waals surface area contributed by atoms with Crippen molar-refractivity contribution in [2.45, 2.75) is 12.8 Å². The van der Waals surface area contributed by atoms with Crippen molar-refractivity contribution in [2.24, 2.45) is 0 Å². The van der Waals surface area contributed by atoms with Crippen LogP contribution in [0.5, 0.6) is 5.75 Å². The summed E-state index contributed by atoms with van der Waals surface area (Å²) in [5.74, 6) is -0.316. The highest BCUT2D eigenvalue weighted by Gasteiger charge is 2.14. The van der Waals surface area contributed by atoms with Gasteiger partial charge in [-0.3, -0.25) is 0 Å². The van der Waals surface area contributed by atoms with Crippen molar-refractivity contribution in [1.29, 1.82) is 0 Å². The molecule has 0 saturated heterocycles. The average Bonchev–Trinajstić information content (AvgIpc) is 2.34. The molecule has 0 radical (unpaired) electrons. The third kappa shape index (κ3) is 3.21. The summed E-state index contributed by atoms with van der Waals surface area (Å²) in [7, 11) is 1.51. The number of benzene rings is 1. The normalized spacial score (nSPS) is 9.83. The number of phenolic OH excluding ortho intramolecular Hbond substituents is 1. The molecule has 0 heterocycles. The fourth-order valence-electron chi connectivity index (χ4n) is 1.65. The van der Waals surface area contributed by atoms with E-state index in [4.69, 9.17) is 4.84 Å². The highest BCUT2D eigenvalue weighted by molar-refractivity contribution is 5.90. The number of phenols is 1. The zero-order chi connectivity index (χ0) is 13.5. The largest absolute Gasteiger partial charge is 0.507 e. The van der Waals surface area contributed by atoms with Crippen LogP contribution in [0, 0.1) is 0 Å². The van der Waals surface area contributed by atoms with Crippen LogP contribution in [-0.4, -0.2) is 18.1 Å². The standard InChI is InChI=1S/C14H17NO3/c1-4-6-10-8-12(14(17)18-15-3)9-11(7-5-2)13(10)16/h4-5,8-9,15-16H,1-2,6-7H2,3H3. The van der Waals surface area contributed by atoms with E-state index in [2.05, 4.69) is 18.6 Å². The summed E-state index contributed by atoms with van der Waals surface area (Å²) in [5, 5.41) is 10.0. The number of hydrogen-bond acceptors (Lipinski definition) is 4. The molecule has 0 saturated carbocycles. The van der Waals surface area contributed by atoms with Gasteiger partial charge in [-0.2, -0.15) is 5.48 Å².